The number of pyridine rings is 1. The first-order valence-electron chi connectivity index (χ1n) is 6.14. The fraction of sp³-hybridized carbons (Fsp3) is 0.583. The van der Waals surface area contributed by atoms with E-state index in [0.29, 0.717) is 0 Å². The molecule has 19 heavy (non-hydrogen) atoms. The monoisotopic (exact) mass is 343 g/mol. The first-order chi connectivity index (χ1) is 8.25. The van der Waals surface area contributed by atoms with Gasteiger partial charge in [0.25, 0.3) is 0 Å². The number of hydrogen-bond acceptors (Lipinski definition) is 2. The van der Waals surface area contributed by atoms with Crippen molar-refractivity contribution in [3.05, 3.63) is 23.4 Å². The summed E-state index contributed by atoms with van der Waals surface area (Å²) in [5, 5.41) is 1.74. The van der Waals surface area contributed by atoms with Gasteiger partial charge in [0, 0.05) is 11.9 Å². The van der Waals surface area contributed by atoms with E-state index in [2.05, 4.69) is 12.0 Å². The predicted molar refractivity (Wildman–Crippen MR) is 72.2 cm³/mol. The molecule has 2 rings (SSSR count). The largest absolute Gasteiger partial charge is 1.00 e. The van der Waals surface area contributed by atoms with Crippen molar-refractivity contribution in [2.24, 2.45) is 0 Å². The first kappa shape index (κ1) is 19.3. The zero-order chi connectivity index (χ0) is 12.1. The lowest BCUT2D eigenvalue weighted by Gasteiger charge is -2.27. The molecule has 2 N–H and O–H groups in total. The van der Waals surface area contributed by atoms with Gasteiger partial charge in [-0.1, -0.05) is 23.4 Å². The molecule has 0 aromatic carbocycles. The maximum atomic E-state index is 6.07. The third-order valence-corrected chi connectivity index (χ3v) is 4.65. The van der Waals surface area contributed by atoms with Crippen molar-refractivity contribution in [2.45, 2.75) is 5.03 Å². The number of halogens is 3. The Morgan fingerprint density at radius 1 is 1.26 bits per heavy atom. The molecule has 1 saturated heterocycles. The van der Waals surface area contributed by atoms with Crippen LogP contribution in [0.5, 0.6) is 0 Å². The smallest absolute Gasteiger partial charge is 0.127 e. The number of thioether (sulfide) groups is 1. The number of piperazine rings is 1. The summed E-state index contributed by atoms with van der Waals surface area (Å²) in [7, 11) is 2.28. The molecular weight excluding hydrogens is 325 g/mol. The molecule has 0 spiro atoms. The summed E-state index contributed by atoms with van der Waals surface area (Å²) in [6.45, 7) is 6.39. The van der Waals surface area contributed by atoms with Gasteiger partial charge in [-0.15, -0.1) is 0 Å². The second-order valence-electron chi connectivity index (χ2n) is 4.60. The van der Waals surface area contributed by atoms with Gasteiger partial charge < -0.3 is 34.6 Å². The van der Waals surface area contributed by atoms with Crippen molar-refractivity contribution < 1.29 is 34.6 Å². The fourth-order valence-electron chi connectivity index (χ4n) is 2.05. The quantitative estimate of drug-likeness (QED) is 0.530. The van der Waals surface area contributed by atoms with Crippen molar-refractivity contribution in [3.63, 3.8) is 0 Å². The highest BCUT2D eigenvalue weighted by Crippen LogP contribution is 2.23. The molecule has 0 bridgehead atoms. The van der Waals surface area contributed by atoms with E-state index in [4.69, 9.17) is 11.6 Å². The SMILES string of the molecule is C[NH+]1CC[NH+](CCSc2ncccc2Cl)CC1.[Cl-].[Cl-]. The molecule has 0 unspecified atom stereocenters. The Balaban J connectivity index is 0.00000162. The molecule has 110 valence electrons. The average molecular weight is 345 g/mol. The van der Waals surface area contributed by atoms with Crippen molar-refractivity contribution in [1.29, 1.82) is 0 Å². The van der Waals surface area contributed by atoms with Crippen LogP contribution in [0.4, 0.5) is 0 Å². The number of rotatable bonds is 4. The van der Waals surface area contributed by atoms with Crippen molar-refractivity contribution in [2.75, 3.05) is 45.5 Å². The predicted octanol–water partition coefficient (Wildman–Crippen LogP) is -6.75. The number of quaternary nitrogens is 2. The van der Waals surface area contributed by atoms with Gasteiger partial charge >= 0.3 is 0 Å². The molecular formula is C12H20Cl3N3S. The molecule has 0 atom stereocenters. The molecule has 0 saturated carbocycles. The van der Waals surface area contributed by atoms with Crippen molar-refractivity contribution in [1.82, 2.24) is 4.98 Å². The Morgan fingerprint density at radius 3 is 2.58 bits per heavy atom. The van der Waals surface area contributed by atoms with E-state index in [1.807, 2.05) is 12.1 Å². The molecule has 1 aromatic heterocycles. The Labute approximate surface area is 136 Å². The summed E-state index contributed by atoms with van der Waals surface area (Å²) in [4.78, 5) is 7.67. The van der Waals surface area contributed by atoms with Crippen LogP contribution >= 0.6 is 23.4 Å². The van der Waals surface area contributed by atoms with Crippen LogP contribution in [-0.4, -0.2) is 50.5 Å². The Hall–Kier alpha value is 0.290. The second-order valence-corrected chi connectivity index (χ2v) is 6.09. The Kier molecular flexibility index (Phi) is 10.2. The minimum atomic E-state index is 0. The molecule has 7 heteroatoms. The van der Waals surface area contributed by atoms with E-state index in [9.17, 15) is 0 Å². The summed E-state index contributed by atoms with van der Waals surface area (Å²) < 4.78 is 0. The average Bonchev–Trinajstić information content (AvgIpc) is 2.34. The second kappa shape index (κ2) is 10.1. The zero-order valence-corrected chi connectivity index (χ0v) is 14.0. The normalized spacial score (nSPS) is 22.2. The maximum Gasteiger partial charge on any atom is 0.127 e. The molecule has 2 heterocycles. The van der Waals surface area contributed by atoms with Crippen LogP contribution in [0.2, 0.25) is 5.02 Å². The molecule has 1 aromatic rings. The molecule has 0 radical (unpaired) electrons. The summed E-state index contributed by atoms with van der Waals surface area (Å²) >= 11 is 7.84. The van der Waals surface area contributed by atoms with Crippen LogP contribution in [0.25, 0.3) is 0 Å². The summed E-state index contributed by atoms with van der Waals surface area (Å²) in [5.74, 6) is 1.10. The van der Waals surface area contributed by atoms with Crippen LogP contribution in [0.3, 0.4) is 0 Å². The van der Waals surface area contributed by atoms with Gasteiger partial charge in [-0.05, 0) is 12.1 Å². The van der Waals surface area contributed by atoms with E-state index >= 15 is 0 Å². The highest BCUT2D eigenvalue weighted by atomic mass is 35.5. The van der Waals surface area contributed by atoms with Gasteiger partial charge in [0.1, 0.15) is 31.2 Å². The Bertz CT molecular complexity index is 360. The lowest BCUT2D eigenvalue weighted by molar-refractivity contribution is -1.00. The van der Waals surface area contributed by atoms with Gasteiger partial charge in [-0.25, -0.2) is 4.98 Å². The van der Waals surface area contributed by atoms with Crippen LogP contribution in [-0.2, 0) is 0 Å². The summed E-state index contributed by atoms with van der Waals surface area (Å²) in [6.07, 6.45) is 1.81. The minimum absolute atomic E-state index is 0. The number of aromatic nitrogens is 1. The van der Waals surface area contributed by atoms with Crippen molar-refractivity contribution >= 4 is 23.4 Å². The summed E-state index contributed by atoms with van der Waals surface area (Å²) in [6, 6.07) is 3.78. The molecule has 1 aliphatic rings. The highest BCUT2D eigenvalue weighted by Gasteiger charge is 2.19. The Morgan fingerprint density at radius 2 is 1.95 bits per heavy atom. The third kappa shape index (κ3) is 6.52. The van der Waals surface area contributed by atoms with Crippen LogP contribution in [0.15, 0.2) is 23.4 Å². The molecule has 0 amide bonds. The van der Waals surface area contributed by atoms with E-state index in [1.54, 1.807) is 27.8 Å². The first-order valence-corrected chi connectivity index (χ1v) is 7.50. The van der Waals surface area contributed by atoms with Crippen LogP contribution in [0.1, 0.15) is 0 Å². The fourth-order valence-corrected chi connectivity index (χ4v) is 3.26. The number of likely N-dealkylation sites (N-methyl/N-ethyl adjacent to an activating group) is 1. The van der Waals surface area contributed by atoms with E-state index in [0.717, 1.165) is 15.8 Å². The van der Waals surface area contributed by atoms with Gasteiger partial charge in [-0.3, -0.25) is 0 Å². The standard InChI is InChI=1S/C12H18ClN3S.2ClH/c1-15-5-7-16(8-6-15)9-10-17-12-11(13)3-2-4-14-12;;/h2-4H,5-10H2,1H3;2*1H. The molecule has 3 nitrogen and oxygen atoms in total. The number of nitrogens with zero attached hydrogens (tertiary/aromatic N) is 1. The van der Waals surface area contributed by atoms with Gasteiger partial charge in [-0.2, -0.15) is 0 Å². The summed E-state index contributed by atoms with van der Waals surface area (Å²) in [5.41, 5.74) is 0. The van der Waals surface area contributed by atoms with Crippen LogP contribution < -0.4 is 34.6 Å². The van der Waals surface area contributed by atoms with Crippen molar-refractivity contribution in [3.8, 4) is 0 Å². The maximum absolute atomic E-state index is 6.07. The lowest BCUT2D eigenvalue weighted by atomic mass is 10.3. The van der Waals surface area contributed by atoms with Gasteiger partial charge in [0.2, 0.25) is 0 Å². The molecule has 0 aliphatic carbocycles. The zero-order valence-electron chi connectivity index (χ0n) is 11.0. The third-order valence-electron chi connectivity index (χ3n) is 3.23. The van der Waals surface area contributed by atoms with E-state index in [-0.39, 0.29) is 24.8 Å². The molecule has 1 aliphatic heterocycles. The topological polar surface area (TPSA) is 21.8 Å². The highest BCUT2D eigenvalue weighted by molar-refractivity contribution is 7.99. The molecule has 1 fully saturated rings. The minimum Gasteiger partial charge on any atom is -1.00 e. The van der Waals surface area contributed by atoms with Crippen LogP contribution in [0, 0.1) is 0 Å². The number of nitrogens with one attached hydrogen (secondary N) is 2. The van der Waals surface area contributed by atoms with Gasteiger partial charge in [0.05, 0.1) is 18.6 Å². The van der Waals surface area contributed by atoms with Gasteiger partial charge in [0.15, 0.2) is 0 Å². The van der Waals surface area contributed by atoms with E-state index < -0.39 is 0 Å². The number of hydrogen-bond donors (Lipinski definition) is 2. The lowest BCUT2D eigenvalue weighted by Crippen LogP contribution is -3.27. The van der Waals surface area contributed by atoms with E-state index in [1.165, 1.54) is 32.7 Å².